The highest BCUT2D eigenvalue weighted by molar-refractivity contribution is 5.75. The summed E-state index contributed by atoms with van der Waals surface area (Å²) in [6.45, 7) is 5.19. The summed E-state index contributed by atoms with van der Waals surface area (Å²) in [6, 6.07) is -0.905. The van der Waals surface area contributed by atoms with Crippen LogP contribution in [0.1, 0.15) is 20.8 Å². The summed E-state index contributed by atoms with van der Waals surface area (Å²) in [5, 5.41) is 0. The van der Waals surface area contributed by atoms with Crippen molar-refractivity contribution in [1.82, 2.24) is 0 Å². The van der Waals surface area contributed by atoms with Crippen LogP contribution in [0.25, 0.3) is 0 Å². The Balaban J connectivity index is 4.08. The molecular weight excluding hydrogens is 137 g/mol. The predicted molar refractivity (Wildman–Crippen MR) is 34.6 cm³/mol. The minimum atomic E-state index is -1.02. The van der Waals surface area contributed by atoms with E-state index in [2.05, 4.69) is 4.94 Å². The van der Waals surface area contributed by atoms with Crippen molar-refractivity contribution in [3.8, 4) is 0 Å². The maximum absolute atomic E-state index is 11.2. The van der Waals surface area contributed by atoms with E-state index in [4.69, 9.17) is 5.73 Å². The van der Waals surface area contributed by atoms with Gasteiger partial charge < -0.3 is 5.73 Å². The van der Waals surface area contributed by atoms with Crippen LogP contribution in [0.3, 0.4) is 0 Å². The molecule has 0 heterocycles. The SMILES string of the molecule is CC(C)(C)C(N)C(=O)OF. The van der Waals surface area contributed by atoms with Crippen LogP contribution in [0.4, 0.5) is 4.53 Å². The van der Waals surface area contributed by atoms with Gasteiger partial charge in [0, 0.05) is 4.53 Å². The first-order chi connectivity index (χ1) is 4.39. The molecule has 0 aliphatic carbocycles. The highest BCUT2D eigenvalue weighted by Crippen LogP contribution is 2.17. The van der Waals surface area contributed by atoms with E-state index in [0.29, 0.717) is 0 Å². The van der Waals surface area contributed by atoms with Crippen molar-refractivity contribution < 1.29 is 14.3 Å². The molecule has 1 atom stereocenters. The van der Waals surface area contributed by atoms with Gasteiger partial charge in [0.1, 0.15) is 6.04 Å². The monoisotopic (exact) mass is 149 g/mol. The topological polar surface area (TPSA) is 52.3 Å². The van der Waals surface area contributed by atoms with Gasteiger partial charge in [-0.3, -0.25) is 4.94 Å². The second-order valence-electron chi connectivity index (χ2n) is 3.24. The molecule has 3 nitrogen and oxygen atoms in total. The molecule has 0 aromatic rings. The Hall–Kier alpha value is -0.640. The van der Waals surface area contributed by atoms with Gasteiger partial charge in [-0.25, -0.2) is 4.79 Å². The van der Waals surface area contributed by atoms with E-state index < -0.39 is 17.4 Å². The molecule has 0 saturated heterocycles. The summed E-state index contributed by atoms with van der Waals surface area (Å²) in [5.74, 6) is -1.02. The summed E-state index contributed by atoms with van der Waals surface area (Å²) in [7, 11) is 0. The molecule has 0 aromatic carbocycles. The van der Waals surface area contributed by atoms with Crippen LogP contribution in [0.5, 0.6) is 0 Å². The van der Waals surface area contributed by atoms with Crippen molar-refractivity contribution in [1.29, 1.82) is 0 Å². The number of halogens is 1. The average molecular weight is 149 g/mol. The van der Waals surface area contributed by atoms with Gasteiger partial charge in [-0.05, 0) is 5.41 Å². The van der Waals surface area contributed by atoms with Crippen molar-refractivity contribution in [2.75, 3.05) is 0 Å². The van der Waals surface area contributed by atoms with Gasteiger partial charge in [-0.1, -0.05) is 20.8 Å². The summed E-state index contributed by atoms with van der Waals surface area (Å²) < 4.78 is 11.2. The zero-order chi connectivity index (χ0) is 8.36. The Morgan fingerprint density at radius 2 is 2.00 bits per heavy atom. The molecule has 0 radical (unpaired) electrons. The van der Waals surface area contributed by atoms with Crippen LogP contribution in [0.15, 0.2) is 0 Å². The minimum absolute atomic E-state index is 0.455. The summed E-state index contributed by atoms with van der Waals surface area (Å²) in [4.78, 5) is 13.4. The van der Waals surface area contributed by atoms with Crippen LogP contribution >= 0.6 is 0 Å². The van der Waals surface area contributed by atoms with Crippen molar-refractivity contribution in [3.63, 3.8) is 0 Å². The van der Waals surface area contributed by atoms with E-state index in [-0.39, 0.29) is 0 Å². The molecule has 4 heteroatoms. The van der Waals surface area contributed by atoms with Gasteiger partial charge in [0.25, 0.3) is 0 Å². The lowest BCUT2D eigenvalue weighted by Gasteiger charge is -2.22. The summed E-state index contributed by atoms with van der Waals surface area (Å²) >= 11 is 0. The minimum Gasteiger partial charge on any atom is -0.318 e. The quantitative estimate of drug-likeness (QED) is 0.599. The Bertz CT molecular complexity index is 130. The molecule has 0 fully saturated rings. The highest BCUT2D eigenvalue weighted by atomic mass is 19.3. The van der Waals surface area contributed by atoms with E-state index in [0.717, 1.165) is 0 Å². The Kier molecular flexibility index (Phi) is 2.77. The number of hydrogen-bond acceptors (Lipinski definition) is 3. The molecule has 60 valence electrons. The summed E-state index contributed by atoms with van der Waals surface area (Å²) in [6.07, 6.45) is 0. The lowest BCUT2D eigenvalue weighted by molar-refractivity contribution is -0.188. The van der Waals surface area contributed by atoms with Crippen LogP contribution in [-0.2, 0) is 9.74 Å². The van der Waals surface area contributed by atoms with E-state index in [1.807, 2.05) is 0 Å². The van der Waals surface area contributed by atoms with Crippen LogP contribution in [0, 0.1) is 5.41 Å². The van der Waals surface area contributed by atoms with Gasteiger partial charge in [0.05, 0.1) is 0 Å². The zero-order valence-electron chi connectivity index (χ0n) is 6.35. The van der Waals surface area contributed by atoms with Crippen LogP contribution < -0.4 is 5.73 Å². The molecule has 2 N–H and O–H groups in total. The first-order valence-electron chi connectivity index (χ1n) is 2.97. The van der Waals surface area contributed by atoms with Crippen molar-refractivity contribution >= 4 is 5.97 Å². The molecule has 0 aliphatic heterocycles. The largest absolute Gasteiger partial charge is 0.365 e. The molecule has 0 spiro atoms. The Labute approximate surface area is 59.2 Å². The third-order valence-corrected chi connectivity index (χ3v) is 1.26. The van der Waals surface area contributed by atoms with Gasteiger partial charge in [-0.15, -0.1) is 0 Å². The van der Waals surface area contributed by atoms with Crippen LogP contribution in [-0.4, -0.2) is 12.0 Å². The fourth-order valence-corrected chi connectivity index (χ4v) is 0.402. The highest BCUT2D eigenvalue weighted by Gasteiger charge is 2.29. The van der Waals surface area contributed by atoms with E-state index in [1.54, 1.807) is 20.8 Å². The third-order valence-electron chi connectivity index (χ3n) is 1.26. The van der Waals surface area contributed by atoms with Crippen molar-refractivity contribution in [2.45, 2.75) is 26.8 Å². The maximum Gasteiger partial charge on any atom is 0.365 e. The maximum atomic E-state index is 11.2. The molecule has 0 amide bonds. The van der Waals surface area contributed by atoms with Gasteiger partial charge in [-0.2, -0.15) is 0 Å². The van der Waals surface area contributed by atoms with Crippen molar-refractivity contribution in [2.24, 2.45) is 11.1 Å². The normalized spacial score (nSPS) is 14.5. The number of carbonyl (C=O) groups is 1. The van der Waals surface area contributed by atoms with E-state index >= 15 is 0 Å². The second kappa shape index (κ2) is 2.96. The fourth-order valence-electron chi connectivity index (χ4n) is 0.402. The lowest BCUT2D eigenvalue weighted by atomic mass is 9.88. The standard InChI is InChI=1S/C6H12FNO2/c1-6(2,3)4(8)5(9)10-7/h4H,8H2,1-3H3. The molecule has 0 aromatic heterocycles. The fraction of sp³-hybridized carbons (Fsp3) is 0.833. The first-order valence-corrected chi connectivity index (χ1v) is 2.97. The van der Waals surface area contributed by atoms with Crippen molar-refractivity contribution in [3.05, 3.63) is 0 Å². The molecule has 1 unspecified atom stereocenters. The molecule has 0 saturated carbocycles. The smallest absolute Gasteiger partial charge is 0.318 e. The Morgan fingerprint density at radius 1 is 1.60 bits per heavy atom. The van der Waals surface area contributed by atoms with Crippen LogP contribution in [0.2, 0.25) is 0 Å². The van der Waals surface area contributed by atoms with Gasteiger partial charge in [0.15, 0.2) is 0 Å². The van der Waals surface area contributed by atoms with E-state index in [1.165, 1.54) is 0 Å². The number of carbonyl (C=O) groups excluding carboxylic acids is 1. The lowest BCUT2D eigenvalue weighted by Crippen LogP contribution is -2.42. The number of nitrogens with two attached hydrogens (primary N) is 1. The summed E-state index contributed by atoms with van der Waals surface area (Å²) in [5.41, 5.74) is 4.84. The third kappa shape index (κ3) is 2.31. The molecule has 0 rings (SSSR count). The van der Waals surface area contributed by atoms with Gasteiger partial charge in [0.2, 0.25) is 0 Å². The molecule has 0 bridgehead atoms. The van der Waals surface area contributed by atoms with E-state index in [9.17, 15) is 9.32 Å². The number of rotatable bonds is 1. The predicted octanol–water partition coefficient (Wildman–Crippen LogP) is 0.788. The molecular formula is C6H12FNO2. The molecule has 10 heavy (non-hydrogen) atoms. The Morgan fingerprint density at radius 3 is 2.10 bits per heavy atom. The van der Waals surface area contributed by atoms with Gasteiger partial charge >= 0.3 is 5.97 Å². The first kappa shape index (κ1) is 9.36. The number of hydrogen-bond donors (Lipinski definition) is 1. The zero-order valence-corrected chi connectivity index (χ0v) is 6.35. The molecule has 0 aliphatic rings. The average Bonchev–Trinajstić information content (AvgIpc) is 1.83. The second-order valence-corrected chi connectivity index (χ2v) is 3.24.